The van der Waals surface area contributed by atoms with Gasteiger partial charge in [0.05, 0.1) is 4.47 Å². The van der Waals surface area contributed by atoms with Crippen LogP contribution in [0.3, 0.4) is 0 Å². The van der Waals surface area contributed by atoms with E-state index in [4.69, 9.17) is 4.74 Å². The Bertz CT molecular complexity index is 559. The highest BCUT2D eigenvalue weighted by atomic mass is 79.9. The maximum Gasteiger partial charge on any atom is 0.134 e. The molecule has 0 heterocycles. The summed E-state index contributed by atoms with van der Waals surface area (Å²) in [7, 11) is 0. The lowest BCUT2D eigenvalue weighted by molar-refractivity contribution is 0.302. The first-order valence-corrected chi connectivity index (χ1v) is 8.05. The van der Waals surface area contributed by atoms with Crippen molar-refractivity contribution in [1.29, 1.82) is 0 Å². The lowest BCUT2D eigenvalue weighted by Crippen LogP contribution is -2.01. The quantitative estimate of drug-likeness (QED) is 0.629. The molecule has 0 aromatic heterocycles. The van der Waals surface area contributed by atoms with Crippen LogP contribution in [0.2, 0.25) is 0 Å². The molecule has 0 radical (unpaired) electrons. The highest BCUT2D eigenvalue weighted by Crippen LogP contribution is 2.28. The molecule has 0 N–H and O–H groups in total. The topological polar surface area (TPSA) is 9.23 Å². The molecule has 0 unspecified atom stereocenters. The zero-order valence-electron chi connectivity index (χ0n) is 11.0. The van der Waals surface area contributed by atoms with E-state index in [-0.39, 0.29) is 0 Å². The van der Waals surface area contributed by atoms with Gasteiger partial charge in [-0.2, -0.15) is 0 Å². The molecule has 0 fully saturated rings. The van der Waals surface area contributed by atoms with Crippen molar-refractivity contribution in [3.05, 3.63) is 63.1 Å². The molecule has 2 rings (SSSR count). The summed E-state index contributed by atoms with van der Waals surface area (Å²) in [6, 6.07) is 12.5. The average Bonchev–Trinajstić information content (AvgIpc) is 2.39. The van der Waals surface area contributed by atoms with Crippen molar-refractivity contribution >= 4 is 31.9 Å². The van der Waals surface area contributed by atoms with E-state index in [1.54, 1.807) is 0 Å². The van der Waals surface area contributed by atoms with Crippen LogP contribution in [0.5, 0.6) is 5.75 Å². The van der Waals surface area contributed by atoms with E-state index in [1.807, 2.05) is 6.07 Å². The molecular formula is C16H16Br2O. The number of rotatable bonds is 4. The molecule has 100 valence electrons. The molecular weight excluding hydrogens is 368 g/mol. The van der Waals surface area contributed by atoms with Crippen LogP contribution in [0.4, 0.5) is 0 Å². The SMILES string of the molecule is Cc1cccc(C)c1COc1ccc(CBr)cc1Br. The van der Waals surface area contributed by atoms with Gasteiger partial charge in [0.15, 0.2) is 0 Å². The number of hydrogen-bond donors (Lipinski definition) is 0. The monoisotopic (exact) mass is 382 g/mol. The normalized spacial score (nSPS) is 10.5. The van der Waals surface area contributed by atoms with E-state index in [0.717, 1.165) is 15.6 Å². The van der Waals surface area contributed by atoms with Gasteiger partial charge < -0.3 is 4.74 Å². The summed E-state index contributed by atoms with van der Waals surface area (Å²) in [5, 5.41) is 0.850. The highest BCUT2D eigenvalue weighted by Gasteiger charge is 2.06. The maximum atomic E-state index is 5.92. The van der Waals surface area contributed by atoms with Crippen molar-refractivity contribution in [1.82, 2.24) is 0 Å². The minimum absolute atomic E-state index is 0.602. The van der Waals surface area contributed by atoms with Crippen LogP contribution in [0.25, 0.3) is 0 Å². The first kappa shape index (κ1) is 14.6. The Balaban J connectivity index is 2.15. The van der Waals surface area contributed by atoms with Crippen molar-refractivity contribution in [3.8, 4) is 5.75 Å². The first-order chi connectivity index (χ1) is 9.11. The second-order valence-corrected chi connectivity index (χ2v) is 5.97. The maximum absolute atomic E-state index is 5.92. The minimum Gasteiger partial charge on any atom is -0.488 e. The van der Waals surface area contributed by atoms with Crippen molar-refractivity contribution in [2.45, 2.75) is 25.8 Å². The summed E-state index contributed by atoms with van der Waals surface area (Å²) in [5.41, 5.74) is 5.03. The predicted molar refractivity (Wildman–Crippen MR) is 87.0 cm³/mol. The summed E-state index contributed by atoms with van der Waals surface area (Å²) in [4.78, 5) is 0. The van der Waals surface area contributed by atoms with Gasteiger partial charge in [-0.3, -0.25) is 0 Å². The number of aryl methyl sites for hydroxylation is 2. The number of ether oxygens (including phenoxy) is 1. The third-order valence-corrected chi connectivity index (χ3v) is 4.43. The predicted octanol–water partition coefficient (Wildman–Crippen LogP) is 5.54. The van der Waals surface area contributed by atoms with E-state index in [2.05, 4.69) is 76.0 Å². The largest absolute Gasteiger partial charge is 0.488 e. The van der Waals surface area contributed by atoms with Crippen LogP contribution in [-0.4, -0.2) is 0 Å². The fourth-order valence-electron chi connectivity index (χ4n) is 1.97. The molecule has 0 aliphatic rings. The van der Waals surface area contributed by atoms with Crippen molar-refractivity contribution in [2.24, 2.45) is 0 Å². The smallest absolute Gasteiger partial charge is 0.134 e. The number of alkyl halides is 1. The minimum atomic E-state index is 0.602. The molecule has 2 aromatic carbocycles. The Morgan fingerprint density at radius 3 is 2.32 bits per heavy atom. The Labute approximate surface area is 131 Å². The fourth-order valence-corrected chi connectivity index (χ4v) is 2.86. The summed E-state index contributed by atoms with van der Waals surface area (Å²) < 4.78 is 6.92. The third kappa shape index (κ3) is 3.61. The van der Waals surface area contributed by atoms with Gasteiger partial charge in [-0.05, 0) is 64.2 Å². The second-order valence-electron chi connectivity index (χ2n) is 4.56. The van der Waals surface area contributed by atoms with Gasteiger partial charge in [-0.25, -0.2) is 0 Å². The Morgan fingerprint density at radius 1 is 1.05 bits per heavy atom. The van der Waals surface area contributed by atoms with E-state index < -0.39 is 0 Å². The van der Waals surface area contributed by atoms with Gasteiger partial charge in [0.25, 0.3) is 0 Å². The van der Waals surface area contributed by atoms with Crippen LogP contribution in [-0.2, 0) is 11.9 Å². The van der Waals surface area contributed by atoms with E-state index in [9.17, 15) is 0 Å². The second kappa shape index (κ2) is 6.58. The van der Waals surface area contributed by atoms with Gasteiger partial charge in [0.2, 0.25) is 0 Å². The van der Waals surface area contributed by atoms with E-state index in [1.165, 1.54) is 22.3 Å². The van der Waals surface area contributed by atoms with Gasteiger partial charge in [-0.1, -0.05) is 40.2 Å². The third-order valence-electron chi connectivity index (χ3n) is 3.17. The molecule has 0 aliphatic heterocycles. The molecule has 0 atom stereocenters. The molecule has 1 nitrogen and oxygen atoms in total. The van der Waals surface area contributed by atoms with Gasteiger partial charge in [-0.15, -0.1) is 0 Å². The molecule has 3 heteroatoms. The van der Waals surface area contributed by atoms with Crippen LogP contribution >= 0.6 is 31.9 Å². The molecule has 0 amide bonds. The summed E-state index contributed by atoms with van der Waals surface area (Å²) in [6.45, 7) is 4.84. The van der Waals surface area contributed by atoms with Crippen molar-refractivity contribution in [3.63, 3.8) is 0 Å². The standard InChI is InChI=1S/C16H16Br2O/c1-11-4-3-5-12(2)14(11)10-19-16-7-6-13(9-17)8-15(16)18/h3-8H,9-10H2,1-2H3. The van der Waals surface area contributed by atoms with Crippen LogP contribution < -0.4 is 4.74 Å². The van der Waals surface area contributed by atoms with Gasteiger partial charge >= 0.3 is 0 Å². The summed E-state index contributed by atoms with van der Waals surface area (Å²) >= 11 is 7.00. The molecule has 0 aliphatic carbocycles. The van der Waals surface area contributed by atoms with Crippen LogP contribution in [0, 0.1) is 13.8 Å². The zero-order chi connectivity index (χ0) is 13.8. The average molecular weight is 384 g/mol. The van der Waals surface area contributed by atoms with Gasteiger partial charge in [0, 0.05) is 5.33 Å². The molecule has 0 bridgehead atoms. The molecule has 19 heavy (non-hydrogen) atoms. The molecule has 0 spiro atoms. The molecule has 2 aromatic rings. The summed E-state index contributed by atoms with van der Waals surface area (Å²) in [5.74, 6) is 0.882. The number of hydrogen-bond acceptors (Lipinski definition) is 1. The van der Waals surface area contributed by atoms with Gasteiger partial charge in [0.1, 0.15) is 12.4 Å². The lowest BCUT2D eigenvalue weighted by atomic mass is 10.0. The Hall–Kier alpha value is -0.800. The zero-order valence-corrected chi connectivity index (χ0v) is 14.2. The Kier molecular flexibility index (Phi) is 5.06. The number of benzene rings is 2. The van der Waals surface area contributed by atoms with Crippen LogP contribution in [0.15, 0.2) is 40.9 Å². The Morgan fingerprint density at radius 2 is 1.74 bits per heavy atom. The first-order valence-electron chi connectivity index (χ1n) is 6.14. The summed E-state index contributed by atoms with van der Waals surface area (Å²) in [6.07, 6.45) is 0. The van der Waals surface area contributed by atoms with Crippen LogP contribution in [0.1, 0.15) is 22.3 Å². The lowest BCUT2D eigenvalue weighted by Gasteiger charge is -2.13. The fraction of sp³-hybridized carbons (Fsp3) is 0.250. The van der Waals surface area contributed by atoms with E-state index in [0.29, 0.717) is 6.61 Å². The molecule has 0 saturated carbocycles. The number of halogens is 2. The van der Waals surface area contributed by atoms with Crippen molar-refractivity contribution in [2.75, 3.05) is 0 Å². The van der Waals surface area contributed by atoms with Crippen molar-refractivity contribution < 1.29 is 4.74 Å². The van der Waals surface area contributed by atoms with E-state index >= 15 is 0 Å². The highest BCUT2D eigenvalue weighted by molar-refractivity contribution is 9.10. The molecule has 0 saturated heterocycles.